The average molecular weight is 423 g/mol. The number of piperidine rings is 1. The first kappa shape index (κ1) is 22.5. The molecule has 0 aliphatic carbocycles. The maximum atomic E-state index is 13.6. The van der Waals surface area contributed by atoms with E-state index in [4.69, 9.17) is 4.74 Å². The van der Waals surface area contributed by atoms with Crippen LogP contribution in [0.4, 0.5) is 11.4 Å². The number of esters is 1. The first-order chi connectivity index (χ1) is 14.6. The number of hydrogen-bond donors (Lipinski definition) is 0. The second-order valence-corrected chi connectivity index (χ2v) is 8.73. The quantitative estimate of drug-likeness (QED) is 0.415. The molecule has 1 fully saturated rings. The molecule has 0 unspecified atom stereocenters. The zero-order valence-corrected chi connectivity index (χ0v) is 19.0. The summed E-state index contributed by atoms with van der Waals surface area (Å²) < 4.78 is 5.29. The Balaban J connectivity index is 2.13. The highest BCUT2D eigenvalue weighted by molar-refractivity contribution is 6.24. The first-order valence-electron chi connectivity index (χ1n) is 10.5. The number of carbonyl (C=O) groups is 3. The van der Waals surface area contributed by atoms with Gasteiger partial charge in [-0.2, -0.15) is 0 Å². The Hall–Kier alpha value is -3.15. The van der Waals surface area contributed by atoms with Gasteiger partial charge in [-0.1, -0.05) is 43.7 Å². The van der Waals surface area contributed by atoms with E-state index in [2.05, 4.69) is 0 Å². The van der Waals surface area contributed by atoms with Crippen LogP contribution in [0.2, 0.25) is 0 Å². The number of amides is 2. The van der Waals surface area contributed by atoms with Crippen molar-refractivity contribution in [1.82, 2.24) is 0 Å². The van der Waals surface area contributed by atoms with E-state index in [0.717, 1.165) is 21.7 Å². The SMILES string of the molecule is CCOC(=O)[C@H]1C(=O)N(c2ccc(C)cc2)C(=O)C(C)(C)[C@@H]1c1ccc(N(C)C)cc1. The minimum Gasteiger partial charge on any atom is -0.465 e. The molecule has 2 atom stereocenters. The smallest absolute Gasteiger partial charge is 0.319 e. The fourth-order valence-electron chi connectivity index (χ4n) is 4.22. The van der Waals surface area contributed by atoms with E-state index >= 15 is 0 Å². The number of nitrogens with zero attached hydrogens (tertiary/aromatic N) is 2. The molecule has 1 aliphatic heterocycles. The van der Waals surface area contributed by atoms with Gasteiger partial charge in [0.15, 0.2) is 0 Å². The predicted octanol–water partition coefficient (Wildman–Crippen LogP) is 3.92. The Kier molecular flexibility index (Phi) is 6.20. The number of anilines is 2. The lowest BCUT2D eigenvalue weighted by Crippen LogP contribution is -2.59. The van der Waals surface area contributed by atoms with E-state index in [9.17, 15) is 14.4 Å². The van der Waals surface area contributed by atoms with Crippen LogP contribution in [-0.2, 0) is 19.1 Å². The molecule has 2 aromatic carbocycles. The van der Waals surface area contributed by atoms with E-state index < -0.39 is 29.1 Å². The number of benzene rings is 2. The first-order valence-corrected chi connectivity index (χ1v) is 10.5. The van der Waals surface area contributed by atoms with Crippen LogP contribution in [0.15, 0.2) is 48.5 Å². The maximum absolute atomic E-state index is 13.6. The van der Waals surface area contributed by atoms with Crippen molar-refractivity contribution >= 4 is 29.2 Å². The van der Waals surface area contributed by atoms with Crippen molar-refractivity contribution in [3.05, 3.63) is 59.7 Å². The monoisotopic (exact) mass is 422 g/mol. The van der Waals surface area contributed by atoms with Crippen LogP contribution < -0.4 is 9.80 Å². The van der Waals surface area contributed by atoms with Crippen molar-refractivity contribution in [2.45, 2.75) is 33.6 Å². The number of ether oxygens (including phenoxy) is 1. The van der Waals surface area contributed by atoms with Crippen molar-refractivity contribution in [1.29, 1.82) is 0 Å². The third kappa shape index (κ3) is 4.07. The van der Waals surface area contributed by atoms with Gasteiger partial charge in [-0.3, -0.25) is 14.4 Å². The molecule has 6 nitrogen and oxygen atoms in total. The van der Waals surface area contributed by atoms with Crippen molar-refractivity contribution in [2.75, 3.05) is 30.5 Å². The second kappa shape index (κ2) is 8.53. The standard InChI is InChI=1S/C25H30N2O4/c1-7-31-23(29)20-21(17-10-14-18(15-11-17)26(5)6)25(3,4)24(30)27(22(20)28)19-12-8-16(2)9-13-19/h8-15,20-21H,7H2,1-6H3/t20-,21-/m1/s1. The molecule has 0 aromatic heterocycles. The van der Waals surface area contributed by atoms with Crippen molar-refractivity contribution in [3.63, 3.8) is 0 Å². The molecule has 31 heavy (non-hydrogen) atoms. The van der Waals surface area contributed by atoms with Gasteiger partial charge < -0.3 is 9.64 Å². The summed E-state index contributed by atoms with van der Waals surface area (Å²) in [7, 11) is 3.88. The highest BCUT2D eigenvalue weighted by atomic mass is 16.5. The molecule has 1 heterocycles. The summed E-state index contributed by atoms with van der Waals surface area (Å²) in [6.07, 6.45) is 0. The number of carbonyl (C=O) groups excluding carboxylic acids is 3. The van der Waals surface area contributed by atoms with Crippen LogP contribution >= 0.6 is 0 Å². The topological polar surface area (TPSA) is 66.9 Å². The Morgan fingerprint density at radius 1 is 1.03 bits per heavy atom. The van der Waals surface area contributed by atoms with E-state index in [-0.39, 0.29) is 12.5 Å². The summed E-state index contributed by atoms with van der Waals surface area (Å²) in [5.74, 6) is -3.23. The molecular weight excluding hydrogens is 392 g/mol. The average Bonchev–Trinajstić information content (AvgIpc) is 2.72. The van der Waals surface area contributed by atoms with Gasteiger partial charge >= 0.3 is 5.97 Å². The number of hydrogen-bond acceptors (Lipinski definition) is 5. The molecule has 0 radical (unpaired) electrons. The van der Waals surface area contributed by atoms with Crippen LogP contribution in [-0.4, -0.2) is 38.5 Å². The second-order valence-electron chi connectivity index (χ2n) is 8.73. The predicted molar refractivity (Wildman–Crippen MR) is 121 cm³/mol. The molecular formula is C25H30N2O4. The molecule has 0 spiro atoms. The van der Waals surface area contributed by atoms with Crippen molar-refractivity contribution in [3.8, 4) is 0 Å². The molecule has 1 aliphatic rings. The minimum absolute atomic E-state index is 0.161. The summed E-state index contributed by atoms with van der Waals surface area (Å²) in [5.41, 5.74) is 2.23. The molecule has 2 aromatic rings. The van der Waals surface area contributed by atoms with E-state index in [1.54, 1.807) is 32.9 Å². The molecule has 6 heteroatoms. The lowest BCUT2D eigenvalue weighted by atomic mass is 9.64. The fourth-order valence-corrected chi connectivity index (χ4v) is 4.22. The Bertz CT molecular complexity index is 978. The summed E-state index contributed by atoms with van der Waals surface area (Å²) in [6, 6.07) is 14.8. The zero-order chi connectivity index (χ0) is 22.9. The Labute approximate surface area is 183 Å². The van der Waals surface area contributed by atoms with Crippen LogP contribution in [0.1, 0.15) is 37.8 Å². The highest BCUT2D eigenvalue weighted by Gasteiger charge is 2.57. The van der Waals surface area contributed by atoms with Gasteiger partial charge in [0.1, 0.15) is 5.92 Å². The third-order valence-corrected chi connectivity index (χ3v) is 5.95. The lowest BCUT2D eigenvalue weighted by molar-refractivity contribution is -0.158. The van der Waals surface area contributed by atoms with Crippen molar-refractivity contribution in [2.24, 2.45) is 11.3 Å². The molecule has 0 N–H and O–H groups in total. The van der Waals surface area contributed by atoms with Crippen LogP contribution in [0.25, 0.3) is 0 Å². The highest BCUT2D eigenvalue weighted by Crippen LogP contribution is 2.48. The summed E-state index contributed by atoms with van der Waals surface area (Å²) in [4.78, 5) is 43.3. The normalized spacial score (nSPS) is 20.5. The van der Waals surface area contributed by atoms with E-state index in [1.165, 1.54) is 0 Å². The maximum Gasteiger partial charge on any atom is 0.319 e. The van der Waals surface area contributed by atoms with Gasteiger partial charge in [-0.25, -0.2) is 4.90 Å². The van der Waals surface area contributed by atoms with Gasteiger partial charge in [-0.05, 0) is 43.7 Å². The van der Waals surface area contributed by atoms with Crippen LogP contribution in [0.5, 0.6) is 0 Å². The molecule has 3 rings (SSSR count). The summed E-state index contributed by atoms with van der Waals surface area (Å²) in [6.45, 7) is 7.38. The van der Waals surface area contributed by atoms with Crippen molar-refractivity contribution < 1.29 is 19.1 Å². The summed E-state index contributed by atoms with van der Waals surface area (Å²) >= 11 is 0. The van der Waals surface area contributed by atoms with E-state index in [1.807, 2.05) is 62.3 Å². The van der Waals surface area contributed by atoms with E-state index in [0.29, 0.717) is 5.69 Å². The third-order valence-electron chi connectivity index (χ3n) is 5.95. The number of imide groups is 1. The molecule has 0 saturated carbocycles. The summed E-state index contributed by atoms with van der Waals surface area (Å²) in [5, 5.41) is 0. The number of aryl methyl sites for hydroxylation is 1. The van der Waals surface area contributed by atoms with Gasteiger partial charge in [0.05, 0.1) is 17.7 Å². The molecule has 0 bridgehead atoms. The molecule has 1 saturated heterocycles. The Morgan fingerprint density at radius 3 is 2.13 bits per heavy atom. The Morgan fingerprint density at radius 2 is 1.61 bits per heavy atom. The largest absolute Gasteiger partial charge is 0.465 e. The zero-order valence-electron chi connectivity index (χ0n) is 19.0. The van der Waals surface area contributed by atoms with Gasteiger partial charge in [0, 0.05) is 25.7 Å². The molecule has 164 valence electrons. The van der Waals surface area contributed by atoms with Crippen LogP contribution in [0, 0.1) is 18.3 Å². The van der Waals surface area contributed by atoms with Crippen LogP contribution in [0.3, 0.4) is 0 Å². The molecule has 2 amide bonds. The van der Waals surface area contributed by atoms with Gasteiger partial charge in [-0.15, -0.1) is 0 Å². The lowest BCUT2D eigenvalue weighted by Gasteiger charge is -2.45. The van der Waals surface area contributed by atoms with Gasteiger partial charge in [0.25, 0.3) is 0 Å². The van der Waals surface area contributed by atoms with Gasteiger partial charge in [0.2, 0.25) is 11.8 Å². The number of rotatable bonds is 5. The minimum atomic E-state index is -1.11. The fraction of sp³-hybridized carbons (Fsp3) is 0.400.